The van der Waals surface area contributed by atoms with Gasteiger partial charge in [0.05, 0.1) is 12.2 Å². The maximum absolute atomic E-state index is 12.3. The van der Waals surface area contributed by atoms with Crippen LogP contribution in [0.25, 0.3) is 0 Å². The molecule has 0 aromatic carbocycles. The summed E-state index contributed by atoms with van der Waals surface area (Å²) in [7, 11) is 0. The Morgan fingerprint density at radius 2 is 1.95 bits per heavy atom. The van der Waals surface area contributed by atoms with E-state index in [4.69, 9.17) is 0 Å². The molecule has 0 spiro atoms. The SMILES string of the molecule is C[C@]12CC[C@@H](O)CC1CC[C@@H]1[C@@H]2[C@@H](O)C[C@]2(C)C(=O)C=C[C@@H]12. The molecule has 0 heterocycles. The third-order valence-corrected chi connectivity index (χ3v) is 7.84. The van der Waals surface area contributed by atoms with E-state index in [1.165, 1.54) is 0 Å². The normalized spacial score (nSPS) is 57.2. The molecule has 4 rings (SSSR count). The van der Waals surface area contributed by atoms with E-state index in [9.17, 15) is 15.0 Å². The van der Waals surface area contributed by atoms with Crippen LogP contribution < -0.4 is 0 Å². The minimum Gasteiger partial charge on any atom is -0.393 e. The number of rotatable bonds is 0. The van der Waals surface area contributed by atoms with Gasteiger partial charge in [-0.2, -0.15) is 0 Å². The van der Waals surface area contributed by atoms with Crippen molar-refractivity contribution in [1.82, 2.24) is 0 Å². The molecule has 0 aliphatic heterocycles. The summed E-state index contributed by atoms with van der Waals surface area (Å²) in [5.41, 5.74) is -0.250. The van der Waals surface area contributed by atoms with Crippen LogP contribution >= 0.6 is 0 Å². The maximum atomic E-state index is 12.3. The van der Waals surface area contributed by atoms with E-state index in [1.807, 2.05) is 0 Å². The molecule has 4 aliphatic rings. The number of allylic oxidation sites excluding steroid dienone is 2. The van der Waals surface area contributed by atoms with Crippen molar-refractivity contribution in [2.45, 2.75) is 64.6 Å². The van der Waals surface area contributed by atoms with Gasteiger partial charge in [-0.3, -0.25) is 4.79 Å². The number of ketones is 1. The molecule has 0 bridgehead atoms. The summed E-state index contributed by atoms with van der Waals surface area (Å²) in [6.07, 6.45) is 8.96. The van der Waals surface area contributed by atoms with Crippen LogP contribution in [0.15, 0.2) is 12.2 Å². The summed E-state index contributed by atoms with van der Waals surface area (Å²) in [6.45, 7) is 4.39. The van der Waals surface area contributed by atoms with E-state index < -0.39 is 0 Å². The summed E-state index contributed by atoms with van der Waals surface area (Å²) in [4.78, 5) is 12.3. The van der Waals surface area contributed by atoms with Crippen molar-refractivity contribution < 1.29 is 15.0 Å². The van der Waals surface area contributed by atoms with E-state index in [-0.39, 0.29) is 34.7 Å². The second kappa shape index (κ2) is 4.67. The van der Waals surface area contributed by atoms with Crippen LogP contribution in [0.2, 0.25) is 0 Å². The van der Waals surface area contributed by atoms with E-state index >= 15 is 0 Å². The molecule has 22 heavy (non-hydrogen) atoms. The average molecular weight is 304 g/mol. The zero-order chi connectivity index (χ0) is 15.7. The van der Waals surface area contributed by atoms with Crippen molar-refractivity contribution >= 4 is 5.78 Å². The van der Waals surface area contributed by atoms with Gasteiger partial charge < -0.3 is 10.2 Å². The fourth-order valence-electron chi connectivity index (χ4n) is 6.65. The third-order valence-electron chi connectivity index (χ3n) is 7.84. The molecular weight excluding hydrogens is 276 g/mol. The molecule has 3 saturated carbocycles. The summed E-state index contributed by atoms with van der Waals surface area (Å²) in [6, 6.07) is 0. The molecule has 4 aliphatic carbocycles. The van der Waals surface area contributed by atoms with E-state index in [0.717, 1.165) is 32.1 Å². The zero-order valence-corrected chi connectivity index (χ0v) is 13.7. The Morgan fingerprint density at radius 1 is 1.18 bits per heavy atom. The number of aliphatic hydroxyl groups is 2. The average Bonchev–Trinajstić information content (AvgIpc) is 2.75. The third kappa shape index (κ3) is 1.78. The summed E-state index contributed by atoms with van der Waals surface area (Å²) < 4.78 is 0. The second-order valence-electron chi connectivity index (χ2n) is 8.84. The molecule has 0 aromatic rings. The molecule has 0 aromatic heterocycles. The Kier molecular flexibility index (Phi) is 3.16. The first-order chi connectivity index (χ1) is 10.4. The highest BCUT2D eigenvalue weighted by molar-refractivity contribution is 5.97. The van der Waals surface area contributed by atoms with Crippen molar-refractivity contribution in [3.05, 3.63) is 12.2 Å². The predicted molar refractivity (Wildman–Crippen MR) is 84.0 cm³/mol. The van der Waals surface area contributed by atoms with Crippen molar-refractivity contribution in [2.75, 3.05) is 0 Å². The van der Waals surface area contributed by atoms with Gasteiger partial charge >= 0.3 is 0 Å². The molecule has 122 valence electrons. The topological polar surface area (TPSA) is 57.5 Å². The van der Waals surface area contributed by atoms with Crippen LogP contribution in [-0.2, 0) is 4.79 Å². The van der Waals surface area contributed by atoms with Crippen molar-refractivity contribution in [1.29, 1.82) is 0 Å². The highest BCUT2D eigenvalue weighted by atomic mass is 16.3. The number of carbonyl (C=O) groups is 1. The van der Waals surface area contributed by atoms with Gasteiger partial charge in [0.25, 0.3) is 0 Å². The minimum absolute atomic E-state index is 0.127. The van der Waals surface area contributed by atoms with Gasteiger partial charge in [-0.15, -0.1) is 0 Å². The lowest BCUT2D eigenvalue weighted by Gasteiger charge is -2.61. The molecular formula is C19H28O3. The Labute approximate surface area is 132 Å². The maximum Gasteiger partial charge on any atom is 0.161 e. The van der Waals surface area contributed by atoms with Gasteiger partial charge in [0, 0.05) is 5.41 Å². The van der Waals surface area contributed by atoms with Crippen LogP contribution in [0.4, 0.5) is 0 Å². The van der Waals surface area contributed by atoms with Gasteiger partial charge in [0.2, 0.25) is 0 Å². The molecule has 2 N–H and O–H groups in total. The number of fused-ring (bicyclic) bond motifs is 5. The molecule has 0 radical (unpaired) electrons. The van der Waals surface area contributed by atoms with Crippen LogP contribution in [0, 0.1) is 34.5 Å². The largest absolute Gasteiger partial charge is 0.393 e. The van der Waals surface area contributed by atoms with Crippen molar-refractivity contribution in [3.8, 4) is 0 Å². The van der Waals surface area contributed by atoms with Gasteiger partial charge in [0.1, 0.15) is 0 Å². The summed E-state index contributed by atoms with van der Waals surface area (Å²) >= 11 is 0. The molecule has 1 unspecified atom stereocenters. The van der Waals surface area contributed by atoms with E-state index in [1.54, 1.807) is 6.08 Å². The molecule has 0 amide bonds. The lowest BCUT2D eigenvalue weighted by Crippen LogP contribution is -2.59. The quantitative estimate of drug-likeness (QED) is 0.723. The lowest BCUT2D eigenvalue weighted by atomic mass is 9.44. The molecule has 8 atom stereocenters. The van der Waals surface area contributed by atoms with Gasteiger partial charge in [-0.1, -0.05) is 19.9 Å². The van der Waals surface area contributed by atoms with Gasteiger partial charge in [-0.05, 0) is 73.7 Å². The standard InChI is InChI=1S/C19H28O3/c1-18-8-7-12(20)9-11(18)3-4-13-14-5-6-16(22)19(14,2)10-15(21)17(13)18/h5-6,11-15,17,20-21H,3-4,7-10H2,1-2H3/t11?,12-,13+,14+,15+,17-,18+,19+/m1/s1. The molecule has 3 heteroatoms. The Morgan fingerprint density at radius 3 is 2.73 bits per heavy atom. The van der Waals surface area contributed by atoms with Crippen LogP contribution in [0.3, 0.4) is 0 Å². The van der Waals surface area contributed by atoms with E-state index in [0.29, 0.717) is 24.2 Å². The number of hydrogen-bond acceptors (Lipinski definition) is 3. The Bertz CT molecular complexity index is 527. The first kappa shape index (κ1) is 14.9. The number of aliphatic hydroxyl groups excluding tert-OH is 2. The van der Waals surface area contributed by atoms with Crippen LogP contribution in [0.1, 0.15) is 52.4 Å². The number of carbonyl (C=O) groups excluding carboxylic acids is 1. The Balaban J connectivity index is 1.70. The van der Waals surface area contributed by atoms with Crippen LogP contribution in [-0.4, -0.2) is 28.2 Å². The zero-order valence-electron chi connectivity index (χ0n) is 13.7. The van der Waals surface area contributed by atoms with E-state index in [2.05, 4.69) is 19.9 Å². The highest BCUT2D eigenvalue weighted by Crippen LogP contribution is 2.64. The number of hydrogen-bond donors (Lipinski definition) is 2. The molecule has 0 saturated heterocycles. The fourth-order valence-corrected chi connectivity index (χ4v) is 6.65. The summed E-state index contributed by atoms with van der Waals surface area (Å²) in [5.74, 6) is 1.75. The Hall–Kier alpha value is -0.670. The molecule has 3 fully saturated rings. The van der Waals surface area contributed by atoms with Crippen molar-refractivity contribution in [2.24, 2.45) is 34.5 Å². The first-order valence-corrected chi connectivity index (χ1v) is 8.95. The molecule has 3 nitrogen and oxygen atoms in total. The highest BCUT2D eigenvalue weighted by Gasteiger charge is 2.61. The van der Waals surface area contributed by atoms with Crippen LogP contribution in [0.5, 0.6) is 0 Å². The van der Waals surface area contributed by atoms with Crippen molar-refractivity contribution in [3.63, 3.8) is 0 Å². The smallest absolute Gasteiger partial charge is 0.161 e. The second-order valence-corrected chi connectivity index (χ2v) is 8.84. The summed E-state index contributed by atoms with van der Waals surface area (Å²) in [5, 5.41) is 21.0. The van der Waals surface area contributed by atoms with Gasteiger partial charge in [0.15, 0.2) is 5.78 Å². The fraction of sp³-hybridized carbons (Fsp3) is 0.842. The first-order valence-electron chi connectivity index (χ1n) is 8.95. The monoisotopic (exact) mass is 304 g/mol. The van der Waals surface area contributed by atoms with Gasteiger partial charge in [-0.25, -0.2) is 0 Å². The minimum atomic E-state index is -0.377. The predicted octanol–water partition coefficient (Wildman–Crippen LogP) is 2.71. The lowest BCUT2D eigenvalue weighted by molar-refractivity contribution is -0.171.